The van der Waals surface area contributed by atoms with Crippen LogP contribution in [0.4, 0.5) is 4.79 Å². The van der Waals surface area contributed by atoms with Crippen molar-refractivity contribution in [3.05, 3.63) is 0 Å². The highest BCUT2D eigenvalue weighted by atomic mass is 16.5. The molecular weight excluding hydrogens is 204 g/mol. The first-order valence-electron chi connectivity index (χ1n) is 6.17. The minimum Gasteiger partial charge on any atom is -0.450 e. The number of amides is 1. The summed E-state index contributed by atoms with van der Waals surface area (Å²) in [5.74, 6) is 0. The summed E-state index contributed by atoms with van der Waals surface area (Å²) in [7, 11) is 0. The highest BCUT2D eigenvalue weighted by Gasteiger charge is 2.12. The van der Waals surface area contributed by atoms with E-state index in [1.165, 1.54) is 0 Å². The fourth-order valence-electron chi connectivity index (χ4n) is 1.17. The van der Waals surface area contributed by atoms with Crippen LogP contribution < -0.4 is 10.6 Å². The molecule has 0 radical (unpaired) electrons. The number of rotatable bonds is 8. The van der Waals surface area contributed by atoms with E-state index in [0.717, 1.165) is 25.8 Å². The van der Waals surface area contributed by atoms with Gasteiger partial charge in [-0.25, -0.2) is 4.79 Å². The van der Waals surface area contributed by atoms with Crippen molar-refractivity contribution >= 4 is 6.09 Å². The molecule has 16 heavy (non-hydrogen) atoms. The standard InChI is InChI=1S/C12H26N2O2/c1-5-12(3,4)14-10-8-7-9-13-11(15)16-6-2/h14H,5-10H2,1-4H3,(H,13,15). The number of hydrogen-bond acceptors (Lipinski definition) is 3. The van der Waals surface area contributed by atoms with Crippen molar-refractivity contribution in [1.82, 2.24) is 10.6 Å². The average Bonchev–Trinajstić information content (AvgIpc) is 2.23. The maximum Gasteiger partial charge on any atom is 0.407 e. The first-order valence-corrected chi connectivity index (χ1v) is 6.17. The summed E-state index contributed by atoms with van der Waals surface area (Å²) in [5, 5.41) is 6.18. The monoisotopic (exact) mass is 230 g/mol. The van der Waals surface area contributed by atoms with Gasteiger partial charge in [0, 0.05) is 12.1 Å². The minimum absolute atomic E-state index is 0.217. The van der Waals surface area contributed by atoms with Crippen LogP contribution >= 0.6 is 0 Å². The lowest BCUT2D eigenvalue weighted by molar-refractivity contribution is 0.152. The van der Waals surface area contributed by atoms with Gasteiger partial charge in [-0.15, -0.1) is 0 Å². The predicted molar refractivity (Wildman–Crippen MR) is 66.6 cm³/mol. The number of carbonyl (C=O) groups is 1. The van der Waals surface area contributed by atoms with Crippen LogP contribution in [0.5, 0.6) is 0 Å². The van der Waals surface area contributed by atoms with Gasteiger partial charge in [0.05, 0.1) is 6.61 Å². The van der Waals surface area contributed by atoms with Crippen LogP contribution in [0.25, 0.3) is 0 Å². The fraction of sp³-hybridized carbons (Fsp3) is 0.917. The topological polar surface area (TPSA) is 50.4 Å². The summed E-state index contributed by atoms with van der Waals surface area (Å²) in [4.78, 5) is 10.9. The lowest BCUT2D eigenvalue weighted by atomic mass is 10.0. The third-order valence-electron chi connectivity index (χ3n) is 2.64. The van der Waals surface area contributed by atoms with E-state index in [-0.39, 0.29) is 11.6 Å². The Morgan fingerprint density at radius 2 is 1.81 bits per heavy atom. The Kier molecular flexibility index (Phi) is 7.99. The van der Waals surface area contributed by atoms with Gasteiger partial charge in [0.25, 0.3) is 0 Å². The second-order valence-electron chi connectivity index (χ2n) is 4.52. The highest BCUT2D eigenvalue weighted by molar-refractivity contribution is 5.66. The number of hydrogen-bond donors (Lipinski definition) is 2. The van der Waals surface area contributed by atoms with Crippen LogP contribution in [0.1, 0.15) is 47.0 Å². The Hall–Kier alpha value is -0.770. The molecule has 0 unspecified atom stereocenters. The van der Waals surface area contributed by atoms with Crippen molar-refractivity contribution in [2.24, 2.45) is 0 Å². The summed E-state index contributed by atoms with van der Waals surface area (Å²) in [6.45, 7) is 10.5. The molecular formula is C12H26N2O2. The van der Waals surface area contributed by atoms with Crippen LogP contribution in [0.3, 0.4) is 0 Å². The molecule has 0 aromatic rings. The van der Waals surface area contributed by atoms with Gasteiger partial charge in [0.2, 0.25) is 0 Å². The maximum atomic E-state index is 10.9. The molecule has 4 nitrogen and oxygen atoms in total. The van der Waals surface area contributed by atoms with Crippen molar-refractivity contribution in [3.8, 4) is 0 Å². The number of nitrogens with one attached hydrogen (secondary N) is 2. The molecule has 0 aromatic heterocycles. The van der Waals surface area contributed by atoms with Gasteiger partial charge in [0.1, 0.15) is 0 Å². The summed E-state index contributed by atoms with van der Waals surface area (Å²) >= 11 is 0. The lowest BCUT2D eigenvalue weighted by Crippen LogP contribution is -2.39. The van der Waals surface area contributed by atoms with E-state index < -0.39 is 0 Å². The molecule has 0 fully saturated rings. The van der Waals surface area contributed by atoms with E-state index in [4.69, 9.17) is 4.74 Å². The molecule has 0 aliphatic rings. The van der Waals surface area contributed by atoms with Crippen molar-refractivity contribution in [2.75, 3.05) is 19.7 Å². The normalized spacial score (nSPS) is 11.2. The van der Waals surface area contributed by atoms with Gasteiger partial charge < -0.3 is 15.4 Å². The predicted octanol–water partition coefficient (Wildman–Crippen LogP) is 2.29. The van der Waals surface area contributed by atoms with E-state index >= 15 is 0 Å². The first kappa shape index (κ1) is 15.2. The molecule has 0 heterocycles. The van der Waals surface area contributed by atoms with Gasteiger partial charge in [-0.1, -0.05) is 6.92 Å². The van der Waals surface area contributed by atoms with Gasteiger partial charge in [-0.2, -0.15) is 0 Å². The Bertz CT molecular complexity index is 193. The second-order valence-corrected chi connectivity index (χ2v) is 4.52. The molecule has 0 aromatic carbocycles. The van der Waals surface area contributed by atoms with Crippen LogP contribution in [0, 0.1) is 0 Å². The SMILES string of the molecule is CCOC(=O)NCCCCNC(C)(C)CC. The third kappa shape index (κ3) is 8.53. The summed E-state index contributed by atoms with van der Waals surface area (Å²) in [6, 6.07) is 0. The molecule has 0 aliphatic heterocycles. The Morgan fingerprint density at radius 1 is 1.19 bits per heavy atom. The fourth-order valence-corrected chi connectivity index (χ4v) is 1.17. The Labute approximate surface area is 99.1 Å². The number of ether oxygens (including phenoxy) is 1. The average molecular weight is 230 g/mol. The number of carbonyl (C=O) groups excluding carboxylic acids is 1. The summed E-state index contributed by atoms with van der Waals surface area (Å²) in [5.41, 5.74) is 0.217. The van der Waals surface area contributed by atoms with Gasteiger partial charge >= 0.3 is 6.09 Å². The Morgan fingerprint density at radius 3 is 2.38 bits per heavy atom. The highest BCUT2D eigenvalue weighted by Crippen LogP contribution is 2.06. The largest absolute Gasteiger partial charge is 0.450 e. The van der Waals surface area contributed by atoms with Gasteiger partial charge in [-0.3, -0.25) is 0 Å². The molecule has 0 spiro atoms. The quantitative estimate of drug-likeness (QED) is 0.629. The van der Waals surface area contributed by atoms with E-state index in [0.29, 0.717) is 13.2 Å². The van der Waals surface area contributed by atoms with Crippen molar-refractivity contribution in [1.29, 1.82) is 0 Å². The van der Waals surface area contributed by atoms with E-state index in [9.17, 15) is 4.79 Å². The molecule has 0 aliphatic carbocycles. The smallest absolute Gasteiger partial charge is 0.407 e. The zero-order chi connectivity index (χ0) is 12.4. The molecule has 2 N–H and O–H groups in total. The second kappa shape index (κ2) is 8.39. The third-order valence-corrected chi connectivity index (χ3v) is 2.64. The number of alkyl carbamates (subject to hydrolysis) is 1. The van der Waals surface area contributed by atoms with Gasteiger partial charge in [0.15, 0.2) is 0 Å². The maximum absolute atomic E-state index is 10.9. The zero-order valence-electron chi connectivity index (χ0n) is 11.1. The summed E-state index contributed by atoms with van der Waals surface area (Å²) < 4.78 is 4.75. The van der Waals surface area contributed by atoms with Crippen LogP contribution in [-0.2, 0) is 4.74 Å². The van der Waals surface area contributed by atoms with Crippen molar-refractivity contribution in [2.45, 2.75) is 52.5 Å². The molecule has 0 atom stereocenters. The first-order chi connectivity index (χ1) is 7.52. The van der Waals surface area contributed by atoms with Gasteiger partial charge in [-0.05, 0) is 46.6 Å². The Balaban J connectivity index is 3.31. The number of unbranched alkanes of at least 4 members (excludes halogenated alkanes) is 1. The molecule has 4 heteroatoms. The lowest BCUT2D eigenvalue weighted by Gasteiger charge is -2.24. The zero-order valence-corrected chi connectivity index (χ0v) is 11.1. The molecule has 96 valence electrons. The van der Waals surface area contributed by atoms with E-state index in [1.807, 2.05) is 0 Å². The molecule has 0 rings (SSSR count). The molecule has 0 bridgehead atoms. The van der Waals surface area contributed by atoms with E-state index in [2.05, 4.69) is 31.4 Å². The molecule has 1 amide bonds. The molecule has 0 saturated heterocycles. The van der Waals surface area contributed by atoms with Crippen molar-refractivity contribution in [3.63, 3.8) is 0 Å². The van der Waals surface area contributed by atoms with E-state index in [1.54, 1.807) is 6.92 Å². The van der Waals surface area contributed by atoms with Crippen LogP contribution in [-0.4, -0.2) is 31.3 Å². The minimum atomic E-state index is -0.315. The summed E-state index contributed by atoms with van der Waals surface area (Å²) in [6.07, 6.45) is 2.85. The van der Waals surface area contributed by atoms with Crippen LogP contribution in [0.2, 0.25) is 0 Å². The van der Waals surface area contributed by atoms with Crippen LogP contribution in [0.15, 0.2) is 0 Å². The molecule has 0 saturated carbocycles. The van der Waals surface area contributed by atoms with Crippen molar-refractivity contribution < 1.29 is 9.53 Å².